The van der Waals surface area contributed by atoms with Gasteiger partial charge >= 0.3 is 0 Å². The van der Waals surface area contributed by atoms with Crippen LogP contribution in [0.3, 0.4) is 0 Å². The SMILES string of the molecule is CCCC(C)N1CC2C(C1)C2(C)C. The number of fused-ring (bicyclic) bond motifs is 1. The van der Waals surface area contributed by atoms with Gasteiger partial charge < -0.3 is 4.90 Å². The van der Waals surface area contributed by atoms with Crippen molar-refractivity contribution in [3.63, 3.8) is 0 Å². The third-order valence-electron chi connectivity index (χ3n) is 4.48. The summed E-state index contributed by atoms with van der Waals surface area (Å²) in [5, 5.41) is 0. The van der Waals surface area contributed by atoms with Crippen molar-refractivity contribution in [3.8, 4) is 0 Å². The van der Waals surface area contributed by atoms with Gasteiger partial charge in [0.2, 0.25) is 0 Å². The molecule has 0 aromatic rings. The van der Waals surface area contributed by atoms with Gasteiger partial charge in [0.1, 0.15) is 0 Å². The van der Waals surface area contributed by atoms with Crippen molar-refractivity contribution in [3.05, 3.63) is 0 Å². The molecule has 2 rings (SSSR count). The van der Waals surface area contributed by atoms with Gasteiger partial charge in [-0.1, -0.05) is 27.2 Å². The molecule has 1 heterocycles. The van der Waals surface area contributed by atoms with E-state index in [2.05, 4.69) is 32.6 Å². The second-order valence-corrected chi connectivity index (χ2v) is 5.63. The van der Waals surface area contributed by atoms with E-state index in [-0.39, 0.29) is 0 Å². The highest BCUT2D eigenvalue weighted by atomic mass is 15.2. The van der Waals surface area contributed by atoms with Crippen LogP contribution in [0, 0.1) is 17.3 Å². The lowest BCUT2D eigenvalue weighted by Crippen LogP contribution is -2.34. The first-order valence-corrected chi connectivity index (χ1v) is 5.81. The summed E-state index contributed by atoms with van der Waals surface area (Å²) in [7, 11) is 0. The molecule has 0 amide bonds. The van der Waals surface area contributed by atoms with E-state index < -0.39 is 0 Å². The molecule has 76 valence electrons. The molecule has 0 spiro atoms. The fraction of sp³-hybridized carbons (Fsp3) is 1.00. The first-order chi connectivity index (χ1) is 6.07. The molecule has 1 saturated carbocycles. The van der Waals surface area contributed by atoms with Crippen LogP contribution in [0.4, 0.5) is 0 Å². The molecule has 13 heavy (non-hydrogen) atoms. The maximum Gasteiger partial charge on any atom is 0.00670 e. The fourth-order valence-corrected chi connectivity index (χ4v) is 3.12. The van der Waals surface area contributed by atoms with Gasteiger partial charge in [0.05, 0.1) is 0 Å². The van der Waals surface area contributed by atoms with E-state index in [1.165, 1.54) is 25.9 Å². The maximum atomic E-state index is 2.70. The monoisotopic (exact) mass is 181 g/mol. The quantitative estimate of drug-likeness (QED) is 0.647. The van der Waals surface area contributed by atoms with Crippen LogP contribution in [0.2, 0.25) is 0 Å². The van der Waals surface area contributed by atoms with Gasteiger partial charge in [-0.2, -0.15) is 0 Å². The van der Waals surface area contributed by atoms with Crippen molar-refractivity contribution in [1.29, 1.82) is 0 Å². The number of nitrogens with zero attached hydrogens (tertiary/aromatic N) is 1. The summed E-state index contributed by atoms with van der Waals surface area (Å²) in [6.45, 7) is 12.3. The zero-order valence-corrected chi connectivity index (χ0v) is 9.51. The Morgan fingerprint density at radius 2 is 1.85 bits per heavy atom. The average molecular weight is 181 g/mol. The second-order valence-electron chi connectivity index (χ2n) is 5.63. The molecule has 3 unspecified atom stereocenters. The molecule has 1 nitrogen and oxygen atoms in total. The minimum absolute atomic E-state index is 0.683. The Labute approximate surface area is 82.5 Å². The zero-order chi connectivity index (χ0) is 9.64. The van der Waals surface area contributed by atoms with Crippen molar-refractivity contribution in [1.82, 2.24) is 4.90 Å². The first-order valence-electron chi connectivity index (χ1n) is 5.81. The average Bonchev–Trinajstić information content (AvgIpc) is 2.53. The van der Waals surface area contributed by atoms with Crippen LogP contribution in [0.15, 0.2) is 0 Å². The van der Waals surface area contributed by atoms with Crippen LogP contribution < -0.4 is 0 Å². The van der Waals surface area contributed by atoms with E-state index in [9.17, 15) is 0 Å². The molecular weight excluding hydrogens is 158 g/mol. The number of hydrogen-bond acceptors (Lipinski definition) is 1. The lowest BCUT2D eigenvalue weighted by Gasteiger charge is -2.27. The van der Waals surface area contributed by atoms with E-state index in [0.717, 1.165) is 17.9 Å². The molecule has 2 fully saturated rings. The Kier molecular flexibility index (Phi) is 2.18. The molecule has 0 N–H and O–H groups in total. The third-order valence-corrected chi connectivity index (χ3v) is 4.48. The van der Waals surface area contributed by atoms with Crippen LogP contribution in [-0.4, -0.2) is 24.0 Å². The van der Waals surface area contributed by atoms with Crippen LogP contribution in [0.1, 0.15) is 40.5 Å². The first kappa shape index (κ1) is 9.51. The van der Waals surface area contributed by atoms with Crippen LogP contribution in [-0.2, 0) is 0 Å². The summed E-state index contributed by atoms with van der Waals surface area (Å²) in [6, 6.07) is 0.827. The van der Waals surface area contributed by atoms with E-state index in [1.54, 1.807) is 0 Å². The lowest BCUT2D eigenvalue weighted by molar-refractivity contribution is 0.193. The van der Waals surface area contributed by atoms with E-state index in [0.29, 0.717) is 5.41 Å². The molecule has 1 heteroatoms. The summed E-state index contributed by atoms with van der Waals surface area (Å²) >= 11 is 0. The summed E-state index contributed by atoms with van der Waals surface area (Å²) in [6.07, 6.45) is 2.70. The smallest absolute Gasteiger partial charge is 0.00670 e. The number of likely N-dealkylation sites (tertiary alicyclic amines) is 1. The highest BCUT2D eigenvalue weighted by Crippen LogP contribution is 2.62. The van der Waals surface area contributed by atoms with Crippen LogP contribution >= 0.6 is 0 Å². The maximum absolute atomic E-state index is 2.70. The van der Waals surface area contributed by atoms with Gasteiger partial charge in [-0.15, -0.1) is 0 Å². The molecule has 1 saturated heterocycles. The minimum Gasteiger partial charge on any atom is -0.300 e. The number of piperidine rings is 1. The molecule has 0 radical (unpaired) electrons. The van der Waals surface area contributed by atoms with Crippen molar-refractivity contribution in [2.24, 2.45) is 17.3 Å². The van der Waals surface area contributed by atoms with Crippen LogP contribution in [0.5, 0.6) is 0 Å². The molecule has 0 aromatic heterocycles. The summed E-state index contributed by atoms with van der Waals surface area (Å²) in [5.74, 6) is 2.04. The molecule has 0 aromatic carbocycles. The predicted octanol–water partition coefficient (Wildman–Crippen LogP) is 2.76. The molecule has 3 atom stereocenters. The predicted molar refractivity (Wildman–Crippen MR) is 56.7 cm³/mol. The Bertz CT molecular complexity index is 183. The molecule has 1 aliphatic heterocycles. The molecule has 1 aliphatic carbocycles. The third kappa shape index (κ3) is 1.41. The lowest BCUT2D eigenvalue weighted by atomic mass is 10.0. The summed E-state index contributed by atoms with van der Waals surface area (Å²) in [5.41, 5.74) is 0.683. The second kappa shape index (κ2) is 2.98. The normalized spacial score (nSPS) is 38.8. The van der Waals surface area contributed by atoms with E-state index in [4.69, 9.17) is 0 Å². The Balaban J connectivity index is 1.83. The van der Waals surface area contributed by atoms with Gasteiger partial charge in [-0.05, 0) is 30.6 Å². The summed E-state index contributed by atoms with van der Waals surface area (Å²) in [4.78, 5) is 2.70. The highest BCUT2D eigenvalue weighted by Gasteiger charge is 2.61. The molecule has 0 bridgehead atoms. The standard InChI is InChI=1S/C12H23N/c1-5-6-9(2)13-7-10-11(8-13)12(10,3)4/h9-11H,5-8H2,1-4H3. The zero-order valence-electron chi connectivity index (χ0n) is 9.51. The van der Waals surface area contributed by atoms with Crippen molar-refractivity contribution >= 4 is 0 Å². The fourth-order valence-electron chi connectivity index (χ4n) is 3.12. The van der Waals surface area contributed by atoms with Gasteiger partial charge in [0.25, 0.3) is 0 Å². The van der Waals surface area contributed by atoms with E-state index in [1.807, 2.05) is 0 Å². The van der Waals surface area contributed by atoms with E-state index >= 15 is 0 Å². The van der Waals surface area contributed by atoms with Crippen molar-refractivity contribution < 1.29 is 0 Å². The molecular formula is C12H23N. The Hall–Kier alpha value is -0.0400. The number of hydrogen-bond donors (Lipinski definition) is 0. The van der Waals surface area contributed by atoms with Crippen molar-refractivity contribution in [2.45, 2.75) is 46.6 Å². The Morgan fingerprint density at radius 1 is 1.31 bits per heavy atom. The topological polar surface area (TPSA) is 3.24 Å². The van der Waals surface area contributed by atoms with Gasteiger partial charge in [0.15, 0.2) is 0 Å². The summed E-state index contributed by atoms with van der Waals surface area (Å²) < 4.78 is 0. The molecule has 2 aliphatic rings. The largest absolute Gasteiger partial charge is 0.300 e. The highest BCUT2D eigenvalue weighted by molar-refractivity contribution is 5.11. The van der Waals surface area contributed by atoms with Crippen molar-refractivity contribution in [2.75, 3.05) is 13.1 Å². The van der Waals surface area contributed by atoms with Gasteiger partial charge in [-0.25, -0.2) is 0 Å². The Morgan fingerprint density at radius 3 is 2.31 bits per heavy atom. The van der Waals surface area contributed by atoms with Gasteiger partial charge in [-0.3, -0.25) is 0 Å². The van der Waals surface area contributed by atoms with Gasteiger partial charge in [0, 0.05) is 19.1 Å². The number of rotatable bonds is 3. The van der Waals surface area contributed by atoms with Crippen LogP contribution in [0.25, 0.3) is 0 Å². The minimum atomic E-state index is 0.683.